The zero-order valence-electron chi connectivity index (χ0n) is 65.7. The first-order chi connectivity index (χ1) is 44.5. The summed E-state index contributed by atoms with van der Waals surface area (Å²) in [5.74, 6) is 0. The van der Waals surface area contributed by atoms with Gasteiger partial charge < -0.3 is 0 Å². The number of aryl methyl sites for hydroxylation is 14. The van der Waals surface area contributed by atoms with Crippen LogP contribution in [0.3, 0.4) is 0 Å². The molecule has 0 bridgehead atoms. The molecule has 0 saturated heterocycles. The molecule has 0 fully saturated rings. The van der Waals surface area contributed by atoms with Crippen LogP contribution < -0.4 is 22.8 Å². The molecule has 0 atom stereocenters. The fourth-order valence-corrected chi connectivity index (χ4v) is 10.6. The van der Waals surface area contributed by atoms with Crippen LogP contribution in [0, 0.1) is 131 Å². The maximum absolute atomic E-state index is 7.75. The third-order valence-electron chi connectivity index (χ3n) is 16.8. The Morgan fingerprint density at radius 1 is 0.274 bits per heavy atom. The molecule has 0 N–H and O–H groups in total. The largest absolute Gasteiger partial charge is 0.215 e. The van der Waals surface area contributed by atoms with Gasteiger partial charge in [0.2, 0.25) is 28.5 Å². The Hall–Kier alpha value is -8.15. The van der Waals surface area contributed by atoms with Crippen molar-refractivity contribution in [3.63, 3.8) is 0 Å². The van der Waals surface area contributed by atoms with Gasteiger partial charge >= 0.3 is 0 Å². The van der Waals surface area contributed by atoms with E-state index in [4.69, 9.17) is 16.4 Å². The molecule has 0 saturated carbocycles. The minimum Gasteiger partial charge on any atom is -0.201 e. The van der Waals surface area contributed by atoms with Crippen molar-refractivity contribution in [2.24, 2.45) is 35.2 Å². The lowest BCUT2D eigenvalue weighted by molar-refractivity contribution is -0.667. The smallest absolute Gasteiger partial charge is 0.201 e. The van der Waals surface area contributed by atoms with E-state index in [2.05, 4.69) is 208 Å². The first-order valence-corrected chi connectivity index (χ1v) is 28.8. The van der Waals surface area contributed by atoms with Gasteiger partial charge in [0.05, 0.1) is 0 Å². The lowest BCUT2D eigenvalue weighted by atomic mass is 9.98. The molecule has 5 nitrogen and oxygen atoms in total. The van der Waals surface area contributed by atoms with Crippen molar-refractivity contribution >= 4 is 0 Å². The number of hydrogen-bond donors (Lipinski definition) is 0. The Bertz CT molecular complexity index is 4450. The summed E-state index contributed by atoms with van der Waals surface area (Å²) in [6, 6.07) is 50.0. The van der Waals surface area contributed by atoms with Crippen molar-refractivity contribution in [3.8, 4) is 56.3 Å². The molecule has 0 aliphatic rings. The normalized spacial score (nSPS) is 13.3. The highest BCUT2D eigenvalue weighted by Gasteiger charge is 2.21. The summed E-state index contributed by atoms with van der Waals surface area (Å²) in [6.07, 6.45) is 2.16. The minimum absolute atomic E-state index is 0.131. The first kappa shape index (κ1) is 49.3. The van der Waals surface area contributed by atoms with Crippen molar-refractivity contribution in [1.29, 1.82) is 0 Å². The molecule has 0 aliphatic carbocycles. The molecule has 5 aromatic heterocycles. The van der Waals surface area contributed by atoms with Crippen LogP contribution >= 0.6 is 0 Å². The zero-order valence-corrected chi connectivity index (χ0v) is 53.7. The Kier molecular flexibility index (Phi) is 16.7. The molecule has 5 heterocycles. The molecule has 434 valence electrons. The van der Waals surface area contributed by atoms with Crippen molar-refractivity contribution in [3.05, 3.63) is 264 Å². The van der Waals surface area contributed by atoms with Crippen LogP contribution in [0.25, 0.3) is 56.3 Å². The Balaban J connectivity index is 0.000000191. The standard InChI is InChI=1S/4C16H20N.C15H18N/c2*1-11-6-8-15(13(3)10-11)16-9-7-12(2)14(4)17(16)5;1-11-7-6-8-15(13(11)3)16-10-9-12(2)14(4)17(16)5;1-11-8-6-7-9-15(11)16-14(4)12(2)10-13(3)17(16)5;1-11-8-9-15(16(4)10-11)14-7-5-6-12(2)13(14)3/h4*6-10H,1-5H3;5-10H,1-4H3/q5*+1/i1D3,2D3;;2D3,4D3;;. The minimum atomic E-state index is -2.51. The summed E-state index contributed by atoms with van der Waals surface area (Å²) in [4.78, 5) is 0. The summed E-state index contributed by atoms with van der Waals surface area (Å²) in [5, 5.41) is 0. The predicted molar refractivity (Wildman–Crippen MR) is 355 cm³/mol. The molecule has 10 aromatic rings. The molecule has 0 radical (unpaired) electrons. The van der Waals surface area contributed by atoms with Crippen molar-refractivity contribution in [1.82, 2.24) is 0 Å². The maximum Gasteiger partial charge on any atom is 0.215 e. The molecule has 10 rings (SSSR count). The van der Waals surface area contributed by atoms with Gasteiger partial charge in [-0.05, 0) is 203 Å². The van der Waals surface area contributed by atoms with E-state index in [0.717, 1.165) is 33.5 Å². The van der Waals surface area contributed by atoms with E-state index in [9.17, 15) is 0 Å². The molecule has 0 amide bonds. The topological polar surface area (TPSA) is 19.4 Å². The Labute approximate surface area is 524 Å². The SMILES string of the molecule is Cc1ccc(-c2ccc(C)c(C)[n+]2C)c(C)c1.Cc1ccc(-c2cccc(C)c2C)[n+](C)c1.Cc1ccccc1-c1c(C)c(C)cc(C)[n+]1C.[2H]C([2H])([2H])c1ccc(-c2ccc(C([2H])([2H])[2H])c(C)[n+]2C)c(C)c1.[2H]C([2H])([2H])c1ccc(-c2cccc(C)c2C)[n+](C)c1C([2H])([2H])[2H]. The number of rotatable bonds is 5. The Morgan fingerprint density at radius 2 is 0.714 bits per heavy atom. The lowest BCUT2D eigenvalue weighted by Gasteiger charge is -2.10. The molecule has 5 heteroatoms. The summed E-state index contributed by atoms with van der Waals surface area (Å²) in [7, 11) is 9.80. The summed E-state index contributed by atoms with van der Waals surface area (Å²) < 4.78 is 101. The molecule has 84 heavy (non-hydrogen) atoms. The second kappa shape index (κ2) is 28.4. The van der Waals surface area contributed by atoms with Crippen molar-refractivity contribution in [2.45, 2.75) is 131 Å². The van der Waals surface area contributed by atoms with Crippen LogP contribution in [0.5, 0.6) is 0 Å². The van der Waals surface area contributed by atoms with Crippen molar-refractivity contribution in [2.75, 3.05) is 0 Å². The fraction of sp³-hybridized carbons (Fsp3) is 0.304. The van der Waals surface area contributed by atoms with E-state index in [1.807, 2.05) is 50.6 Å². The number of aromatic nitrogens is 5. The van der Waals surface area contributed by atoms with E-state index in [1.165, 1.54) is 106 Å². The molecular weight excluding hydrogens is 1020 g/mol. The van der Waals surface area contributed by atoms with Gasteiger partial charge in [-0.2, -0.15) is 18.3 Å². The number of pyridine rings is 5. The first-order valence-electron chi connectivity index (χ1n) is 34.8. The highest BCUT2D eigenvalue weighted by molar-refractivity contribution is 5.67. The van der Waals surface area contributed by atoms with Gasteiger partial charge in [0.25, 0.3) is 0 Å². The highest BCUT2D eigenvalue weighted by Crippen LogP contribution is 2.28. The van der Waals surface area contributed by atoms with Crippen LogP contribution in [-0.2, 0) is 35.2 Å². The highest BCUT2D eigenvalue weighted by atomic mass is 15.0. The van der Waals surface area contributed by atoms with E-state index in [1.54, 1.807) is 50.4 Å². The summed E-state index contributed by atoms with van der Waals surface area (Å²) >= 11 is 0. The van der Waals surface area contributed by atoms with Gasteiger partial charge in [-0.15, -0.1) is 0 Å². The lowest BCUT2D eigenvalue weighted by Crippen LogP contribution is -2.36. The van der Waals surface area contributed by atoms with Crippen LogP contribution in [0.4, 0.5) is 0 Å². The average Bonchev–Trinajstić information content (AvgIpc) is 0.771. The molecule has 0 aliphatic heterocycles. The molecule has 5 aromatic carbocycles. The number of nitrogens with zero attached hydrogens (tertiary/aromatic N) is 5. The van der Waals surface area contributed by atoms with E-state index in [0.29, 0.717) is 22.5 Å². The van der Waals surface area contributed by atoms with E-state index < -0.39 is 27.4 Å². The van der Waals surface area contributed by atoms with Crippen LogP contribution in [0.15, 0.2) is 158 Å². The van der Waals surface area contributed by atoms with Gasteiger partial charge in [0.15, 0.2) is 29.0 Å². The Morgan fingerprint density at radius 3 is 1.24 bits per heavy atom. The molecule has 0 spiro atoms. The summed E-state index contributed by atoms with van der Waals surface area (Å²) in [6.45, 7) is 22.2. The molecule has 0 unspecified atom stereocenters. The fourth-order valence-electron chi connectivity index (χ4n) is 10.6. The van der Waals surface area contributed by atoms with Crippen LogP contribution in [-0.4, -0.2) is 0 Å². The average molecular weight is 1130 g/mol. The van der Waals surface area contributed by atoms with Gasteiger partial charge in [-0.3, -0.25) is 0 Å². The van der Waals surface area contributed by atoms with Crippen LogP contribution in [0.1, 0.15) is 123 Å². The molecular formula is C79H98N5+5. The second-order valence-electron chi connectivity index (χ2n) is 22.7. The third-order valence-corrected chi connectivity index (χ3v) is 16.8. The van der Waals surface area contributed by atoms with Crippen molar-refractivity contribution < 1.29 is 39.3 Å². The van der Waals surface area contributed by atoms with E-state index in [-0.39, 0.29) is 11.3 Å². The van der Waals surface area contributed by atoms with Gasteiger partial charge in [0, 0.05) is 130 Å². The monoisotopic (exact) mass is 1130 g/mol. The maximum atomic E-state index is 7.75. The third kappa shape index (κ3) is 15.1. The summed E-state index contributed by atoms with van der Waals surface area (Å²) in [5.41, 5.74) is 29.8. The van der Waals surface area contributed by atoms with E-state index >= 15 is 0 Å². The number of hydrogen-bond acceptors (Lipinski definition) is 0. The van der Waals surface area contributed by atoms with Gasteiger partial charge in [0.1, 0.15) is 35.2 Å². The van der Waals surface area contributed by atoms with Gasteiger partial charge in [-0.25, -0.2) is 4.57 Å². The zero-order chi connectivity index (χ0) is 72.0. The predicted octanol–water partition coefficient (Wildman–Crippen LogP) is 16.8. The quantitative estimate of drug-likeness (QED) is 0.153. The second-order valence-corrected chi connectivity index (χ2v) is 22.7. The number of benzene rings is 5. The van der Waals surface area contributed by atoms with Gasteiger partial charge in [-0.1, -0.05) is 77.9 Å². The van der Waals surface area contributed by atoms with Crippen LogP contribution in [0.2, 0.25) is 0 Å².